The molecular formula is C10H13ClN2O2. The number of benzene rings is 1. The van der Waals surface area contributed by atoms with Crippen LogP contribution in [-0.4, -0.2) is 11.5 Å². The molecule has 1 heterocycles. The van der Waals surface area contributed by atoms with Crippen LogP contribution in [-0.2, 0) is 13.0 Å². The Hall–Kier alpha value is -1.13. The van der Waals surface area contributed by atoms with Crippen molar-refractivity contribution in [2.75, 3.05) is 6.54 Å². The summed E-state index contributed by atoms with van der Waals surface area (Å²) in [5.74, 6) is 0. The van der Waals surface area contributed by atoms with Crippen molar-refractivity contribution in [3.05, 3.63) is 39.4 Å². The molecule has 5 heteroatoms. The molecule has 1 aromatic rings. The molecule has 82 valence electrons. The average Bonchev–Trinajstić information content (AvgIpc) is 2.41. The fourth-order valence-electron chi connectivity index (χ4n) is 1.76. The van der Waals surface area contributed by atoms with Crippen molar-refractivity contribution in [1.82, 2.24) is 5.32 Å². The molecule has 0 saturated heterocycles. The van der Waals surface area contributed by atoms with Crippen LogP contribution < -0.4 is 5.32 Å². The second-order valence-electron chi connectivity index (χ2n) is 3.49. The lowest BCUT2D eigenvalue weighted by molar-refractivity contribution is -0.384. The molecule has 0 unspecified atom stereocenters. The van der Waals surface area contributed by atoms with E-state index in [2.05, 4.69) is 5.32 Å². The van der Waals surface area contributed by atoms with Crippen LogP contribution in [0.5, 0.6) is 0 Å². The summed E-state index contributed by atoms with van der Waals surface area (Å²) < 4.78 is 0. The summed E-state index contributed by atoms with van der Waals surface area (Å²) in [7, 11) is 0. The predicted molar refractivity (Wildman–Crippen MR) is 60.4 cm³/mol. The predicted octanol–water partition coefficient (Wildman–Crippen LogP) is 2.05. The summed E-state index contributed by atoms with van der Waals surface area (Å²) in [5, 5.41) is 13.8. The van der Waals surface area contributed by atoms with Crippen LogP contribution in [0.2, 0.25) is 0 Å². The zero-order chi connectivity index (χ0) is 9.97. The van der Waals surface area contributed by atoms with Crippen LogP contribution >= 0.6 is 12.4 Å². The van der Waals surface area contributed by atoms with E-state index in [1.165, 1.54) is 5.56 Å². The summed E-state index contributed by atoms with van der Waals surface area (Å²) in [4.78, 5) is 10.2. The van der Waals surface area contributed by atoms with Gasteiger partial charge in [-0.2, -0.15) is 0 Å². The molecule has 2 rings (SSSR count). The van der Waals surface area contributed by atoms with Crippen LogP contribution in [0, 0.1) is 10.1 Å². The lowest BCUT2D eigenvalue weighted by Crippen LogP contribution is -2.12. The van der Waals surface area contributed by atoms with E-state index in [4.69, 9.17) is 0 Å². The van der Waals surface area contributed by atoms with Crippen molar-refractivity contribution in [3.8, 4) is 0 Å². The van der Waals surface area contributed by atoms with E-state index in [9.17, 15) is 10.1 Å². The summed E-state index contributed by atoms with van der Waals surface area (Å²) in [5.41, 5.74) is 2.49. The van der Waals surface area contributed by atoms with Crippen molar-refractivity contribution < 1.29 is 4.92 Å². The Balaban J connectivity index is 0.00000112. The number of aryl methyl sites for hydroxylation is 1. The van der Waals surface area contributed by atoms with E-state index in [1.54, 1.807) is 12.1 Å². The highest BCUT2D eigenvalue weighted by molar-refractivity contribution is 5.85. The first kappa shape index (κ1) is 11.9. The zero-order valence-electron chi connectivity index (χ0n) is 8.23. The van der Waals surface area contributed by atoms with Gasteiger partial charge >= 0.3 is 0 Å². The maximum Gasteiger partial charge on any atom is 0.269 e. The fourth-order valence-corrected chi connectivity index (χ4v) is 1.76. The van der Waals surface area contributed by atoms with Gasteiger partial charge in [0.25, 0.3) is 5.69 Å². The van der Waals surface area contributed by atoms with Crippen molar-refractivity contribution in [3.63, 3.8) is 0 Å². The molecule has 0 fully saturated rings. The molecule has 15 heavy (non-hydrogen) atoms. The Morgan fingerprint density at radius 2 is 2.13 bits per heavy atom. The van der Waals surface area contributed by atoms with Gasteiger partial charge in [0.2, 0.25) is 0 Å². The average molecular weight is 229 g/mol. The molecule has 0 aromatic heterocycles. The normalized spacial score (nSPS) is 14.7. The third kappa shape index (κ3) is 2.67. The Morgan fingerprint density at radius 1 is 1.33 bits per heavy atom. The van der Waals surface area contributed by atoms with Crippen molar-refractivity contribution in [2.45, 2.75) is 19.4 Å². The Kier molecular flexibility index (Phi) is 4.05. The molecule has 1 aromatic carbocycles. The molecule has 0 amide bonds. The van der Waals surface area contributed by atoms with Gasteiger partial charge < -0.3 is 5.32 Å². The van der Waals surface area contributed by atoms with Gasteiger partial charge in [0, 0.05) is 18.7 Å². The summed E-state index contributed by atoms with van der Waals surface area (Å²) in [6.07, 6.45) is 2.12. The highest BCUT2D eigenvalue weighted by Gasteiger charge is 2.12. The maximum atomic E-state index is 10.6. The molecule has 1 N–H and O–H groups in total. The van der Waals surface area contributed by atoms with Gasteiger partial charge in [-0.3, -0.25) is 10.1 Å². The number of nitrogens with zero attached hydrogens (tertiary/aromatic N) is 1. The number of hydrogen-bond acceptors (Lipinski definition) is 3. The molecule has 0 radical (unpaired) electrons. The van der Waals surface area contributed by atoms with E-state index >= 15 is 0 Å². The minimum absolute atomic E-state index is 0. The van der Waals surface area contributed by atoms with Gasteiger partial charge in [0.05, 0.1) is 4.92 Å². The molecule has 1 aliphatic heterocycles. The molecule has 0 aliphatic carbocycles. The molecule has 1 aliphatic rings. The van der Waals surface area contributed by atoms with Gasteiger partial charge in [-0.15, -0.1) is 12.4 Å². The van der Waals surface area contributed by atoms with E-state index in [0.29, 0.717) is 0 Å². The van der Waals surface area contributed by atoms with Crippen LogP contribution in [0.3, 0.4) is 0 Å². The number of nitrogens with one attached hydrogen (secondary N) is 1. The van der Waals surface area contributed by atoms with E-state index in [0.717, 1.165) is 31.5 Å². The van der Waals surface area contributed by atoms with E-state index in [-0.39, 0.29) is 23.0 Å². The number of hydrogen-bond donors (Lipinski definition) is 1. The van der Waals surface area contributed by atoms with Gasteiger partial charge in [-0.05, 0) is 30.5 Å². The second kappa shape index (κ2) is 5.09. The quantitative estimate of drug-likeness (QED) is 0.591. The maximum absolute atomic E-state index is 10.6. The van der Waals surface area contributed by atoms with E-state index < -0.39 is 0 Å². The molecule has 0 saturated carbocycles. The van der Waals surface area contributed by atoms with Gasteiger partial charge in [-0.25, -0.2) is 0 Å². The Morgan fingerprint density at radius 3 is 2.87 bits per heavy atom. The first-order valence-corrected chi connectivity index (χ1v) is 4.74. The first-order chi connectivity index (χ1) is 6.77. The SMILES string of the molecule is Cl.O=[N+]([O-])c1ccc2c(c1)CNCCC2. The summed E-state index contributed by atoms with van der Waals surface area (Å²) >= 11 is 0. The van der Waals surface area contributed by atoms with Crippen molar-refractivity contribution in [2.24, 2.45) is 0 Å². The number of nitro groups is 1. The van der Waals surface area contributed by atoms with Gasteiger partial charge in [0.15, 0.2) is 0 Å². The molecule has 0 atom stereocenters. The minimum atomic E-state index is -0.342. The topological polar surface area (TPSA) is 55.2 Å². The highest BCUT2D eigenvalue weighted by Crippen LogP contribution is 2.20. The number of fused-ring (bicyclic) bond motifs is 1. The summed E-state index contributed by atoms with van der Waals surface area (Å²) in [6.45, 7) is 1.74. The van der Waals surface area contributed by atoms with Crippen LogP contribution in [0.4, 0.5) is 5.69 Å². The van der Waals surface area contributed by atoms with Crippen molar-refractivity contribution in [1.29, 1.82) is 0 Å². The van der Waals surface area contributed by atoms with Crippen LogP contribution in [0.15, 0.2) is 18.2 Å². The number of rotatable bonds is 1. The third-order valence-electron chi connectivity index (χ3n) is 2.52. The molecule has 4 nitrogen and oxygen atoms in total. The highest BCUT2D eigenvalue weighted by atomic mass is 35.5. The smallest absolute Gasteiger partial charge is 0.269 e. The van der Waals surface area contributed by atoms with Crippen molar-refractivity contribution >= 4 is 18.1 Å². The monoisotopic (exact) mass is 228 g/mol. The molecule has 0 bridgehead atoms. The number of halogens is 1. The standard InChI is InChI=1S/C10H12N2O2.ClH/c13-12(14)10-4-3-8-2-1-5-11-7-9(8)6-10;/h3-4,6,11H,1-2,5,7H2;1H. The lowest BCUT2D eigenvalue weighted by atomic mass is 10.0. The number of non-ortho nitro benzene ring substituents is 1. The van der Waals surface area contributed by atoms with Gasteiger partial charge in [-0.1, -0.05) is 6.07 Å². The van der Waals surface area contributed by atoms with Crippen LogP contribution in [0.1, 0.15) is 17.5 Å². The molecular weight excluding hydrogens is 216 g/mol. The van der Waals surface area contributed by atoms with Crippen LogP contribution in [0.25, 0.3) is 0 Å². The fraction of sp³-hybridized carbons (Fsp3) is 0.400. The third-order valence-corrected chi connectivity index (χ3v) is 2.52. The minimum Gasteiger partial charge on any atom is -0.313 e. The largest absolute Gasteiger partial charge is 0.313 e. The number of nitro benzene ring substituents is 1. The zero-order valence-corrected chi connectivity index (χ0v) is 9.05. The first-order valence-electron chi connectivity index (χ1n) is 4.74. The van der Waals surface area contributed by atoms with E-state index in [1.807, 2.05) is 6.07 Å². The van der Waals surface area contributed by atoms with Gasteiger partial charge in [0.1, 0.15) is 0 Å². The summed E-state index contributed by atoms with van der Waals surface area (Å²) in [6, 6.07) is 5.14. The molecule has 0 spiro atoms. The lowest BCUT2D eigenvalue weighted by Gasteiger charge is -2.03. The Bertz CT molecular complexity index is 368. The Labute approximate surface area is 94.2 Å². The second-order valence-corrected chi connectivity index (χ2v) is 3.49.